The fourth-order valence-electron chi connectivity index (χ4n) is 7.97. The molecule has 298 valence electrons. The highest BCUT2D eigenvalue weighted by molar-refractivity contribution is 6.16. The maximum absolute atomic E-state index is 13.6. The van der Waals surface area contributed by atoms with Gasteiger partial charge in [-0.25, -0.2) is 9.79 Å². The number of carbonyl (C=O) groups is 4. The third-order valence-electron chi connectivity index (χ3n) is 10.9. The Morgan fingerprint density at radius 2 is 1.49 bits per heavy atom. The Labute approximate surface area is 330 Å². The molecule has 2 unspecified atom stereocenters. The summed E-state index contributed by atoms with van der Waals surface area (Å²) < 4.78 is 20.7. The Morgan fingerprint density at radius 1 is 0.825 bits per heavy atom. The molecule has 3 aliphatic heterocycles. The molecule has 0 amide bonds. The van der Waals surface area contributed by atoms with E-state index < -0.39 is 35.7 Å². The number of carbonyl (C=O) groups excluding carboxylic acids is 4. The van der Waals surface area contributed by atoms with Crippen molar-refractivity contribution >= 4 is 53.5 Å². The van der Waals surface area contributed by atoms with Crippen LogP contribution < -0.4 is 0 Å². The van der Waals surface area contributed by atoms with Crippen LogP contribution in [0.15, 0.2) is 96.8 Å². The van der Waals surface area contributed by atoms with E-state index in [4.69, 9.17) is 34.0 Å². The third-order valence-corrected chi connectivity index (χ3v) is 10.9. The zero-order valence-electron chi connectivity index (χ0n) is 32.8. The van der Waals surface area contributed by atoms with Gasteiger partial charge in [0.2, 0.25) is 0 Å². The molecule has 13 nitrogen and oxygen atoms in total. The summed E-state index contributed by atoms with van der Waals surface area (Å²) >= 11 is 0. The maximum atomic E-state index is 13.6. The first kappa shape index (κ1) is 40.7. The van der Waals surface area contributed by atoms with E-state index in [9.17, 15) is 24.3 Å². The summed E-state index contributed by atoms with van der Waals surface area (Å²) in [6, 6.07) is 0. The highest BCUT2D eigenvalue weighted by atomic mass is 16.5. The van der Waals surface area contributed by atoms with Gasteiger partial charge in [0.25, 0.3) is 0 Å². The quantitative estimate of drug-likeness (QED) is 0.170. The van der Waals surface area contributed by atoms with E-state index in [1.807, 2.05) is 45.1 Å². The van der Waals surface area contributed by atoms with Crippen LogP contribution in [-0.4, -0.2) is 91.1 Å². The fraction of sp³-hybridized carbons (Fsp3) is 0.364. The van der Waals surface area contributed by atoms with Crippen molar-refractivity contribution in [2.24, 2.45) is 21.8 Å². The first-order valence-electron chi connectivity index (χ1n) is 18.8. The number of nitrogens with zero attached hydrogens (tertiary/aromatic N) is 2. The summed E-state index contributed by atoms with van der Waals surface area (Å²) in [6.45, 7) is 9.29. The molecule has 5 aliphatic rings. The number of aliphatic imine (C=N–C) groups is 2. The minimum Gasteiger partial charge on any atom is -0.469 e. The van der Waals surface area contributed by atoms with E-state index in [1.54, 1.807) is 18.2 Å². The molecule has 57 heavy (non-hydrogen) atoms. The van der Waals surface area contributed by atoms with Gasteiger partial charge in [-0.1, -0.05) is 24.8 Å². The van der Waals surface area contributed by atoms with Crippen LogP contribution in [0.2, 0.25) is 0 Å². The smallest absolute Gasteiger partial charge is 0.334 e. The lowest BCUT2D eigenvalue weighted by atomic mass is 9.75. The van der Waals surface area contributed by atoms with Crippen LogP contribution in [0, 0.1) is 18.8 Å². The van der Waals surface area contributed by atoms with Crippen LogP contribution in [0.25, 0.3) is 18.2 Å². The monoisotopic (exact) mass is 777 g/mol. The maximum Gasteiger partial charge on any atom is 0.334 e. The summed E-state index contributed by atoms with van der Waals surface area (Å²) in [6.07, 6.45) is 14.3. The van der Waals surface area contributed by atoms with Crippen molar-refractivity contribution in [2.75, 3.05) is 40.6 Å². The van der Waals surface area contributed by atoms with Crippen LogP contribution in [-0.2, 0) is 38.1 Å². The van der Waals surface area contributed by atoms with E-state index >= 15 is 0 Å². The number of esters is 4. The Kier molecular flexibility index (Phi) is 12.5. The first-order valence-corrected chi connectivity index (χ1v) is 18.8. The lowest BCUT2D eigenvalue weighted by molar-refractivity contribution is -0.148. The van der Waals surface area contributed by atoms with Crippen LogP contribution in [0.1, 0.15) is 68.5 Å². The van der Waals surface area contributed by atoms with Crippen molar-refractivity contribution in [1.29, 1.82) is 0 Å². The van der Waals surface area contributed by atoms with Gasteiger partial charge < -0.3 is 34.1 Å². The third kappa shape index (κ3) is 8.16. The predicted octanol–water partition coefficient (Wildman–Crippen LogP) is 5.54. The number of rotatable bonds is 13. The molecular weight excluding hydrogens is 730 g/mol. The summed E-state index contributed by atoms with van der Waals surface area (Å²) in [5.74, 6) is -3.83. The number of fused-ring (bicyclic) bond motifs is 9. The number of nitrogens with one attached hydrogen (secondary N) is 1. The molecule has 13 heteroatoms. The van der Waals surface area contributed by atoms with Crippen molar-refractivity contribution in [2.45, 2.75) is 52.9 Å². The van der Waals surface area contributed by atoms with Crippen molar-refractivity contribution in [3.8, 4) is 0 Å². The molecule has 2 atom stereocenters. The number of methoxy groups -OCH3 is 2. The largest absolute Gasteiger partial charge is 0.469 e. The number of allylic oxidation sites excluding steroid dienone is 11. The Hall–Kier alpha value is -5.92. The van der Waals surface area contributed by atoms with Gasteiger partial charge in [-0.3, -0.25) is 19.4 Å². The van der Waals surface area contributed by atoms with Crippen molar-refractivity contribution in [1.82, 2.24) is 4.98 Å². The van der Waals surface area contributed by atoms with Gasteiger partial charge in [0.1, 0.15) is 19.1 Å². The Bertz CT molecular complexity index is 2250. The minimum atomic E-state index is -1.03. The molecule has 0 saturated carbocycles. The fourth-order valence-corrected chi connectivity index (χ4v) is 7.97. The number of aliphatic hydroxyl groups excluding tert-OH is 2. The van der Waals surface area contributed by atoms with Crippen LogP contribution >= 0.6 is 0 Å². The zero-order chi connectivity index (χ0) is 41.0. The number of ether oxygens (including phenoxy) is 4. The average molecular weight is 778 g/mol. The summed E-state index contributed by atoms with van der Waals surface area (Å²) in [5, 5.41) is 18.4. The van der Waals surface area contributed by atoms with Gasteiger partial charge in [-0.15, -0.1) is 0 Å². The van der Waals surface area contributed by atoms with E-state index in [2.05, 4.69) is 11.6 Å². The second-order valence-electron chi connectivity index (χ2n) is 14.1. The Balaban J connectivity index is 1.57. The normalized spacial score (nSPS) is 19.6. The summed E-state index contributed by atoms with van der Waals surface area (Å²) in [5.41, 5.74) is 12.0. The van der Waals surface area contributed by atoms with Gasteiger partial charge in [0.05, 0.1) is 55.8 Å². The average Bonchev–Trinajstić information content (AvgIpc) is 3.89. The summed E-state index contributed by atoms with van der Waals surface area (Å²) in [7, 11) is 2.55. The molecule has 6 rings (SSSR count). The molecule has 0 saturated heterocycles. The van der Waals surface area contributed by atoms with Crippen LogP contribution in [0.3, 0.4) is 0 Å². The van der Waals surface area contributed by atoms with Gasteiger partial charge in [0.15, 0.2) is 0 Å². The first-order chi connectivity index (χ1) is 27.4. The number of aromatic amines is 1. The molecule has 2 aliphatic carbocycles. The van der Waals surface area contributed by atoms with Crippen molar-refractivity contribution in [3.63, 3.8) is 0 Å². The molecule has 0 spiro atoms. The SMILES string of the molecule is C=Cc1c2[nH]c(c1C)C=C1N=C(C=C3CC(=CC4=NC(=C2)C2C4=CC=C(C(=O)OC)C2C(=O)OC)C(C)=C3CCC(=O)OCCO)C(CCC(=O)OCCO)=C1C. The van der Waals surface area contributed by atoms with E-state index in [-0.39, 0.29) is 44.8 Å². The van der Waals surface area contributed by atoms with Gasteiger partial charge in [0, 0.05) is 35.7 Å². The molecule has 1 aromatic heterocycles. The van der Waals surface area contributed by atoms with E-state index in [0.29, 0.717) is 47.8 Å². The predicted molar refractivity (Wildman–Crippen MR) is 214 cm³/mol. The number of hydrogen-bond acceptors (Lipinski definition) is 12. The highest BCUT2D eigenvalue weighted by Gasteiger charge is 2.46. The summed E-state index contributed by atoms with van der Waals surface area (Å²) in [4.78, 5) is 65.6. The zero-order valence-corrected chi connectivity index (χ0v) is 32.8. The standard InChI is InChI=1S/C44H47N3O10/c1-7-28-24(3)33-21-34-25(4)30(11-13-40(51)57-17-15-49)35(45-34)20-27-18-26(23(2)29(27)10-12-39(50)56-16-14-48)19-36-31-8-9-32(43(52)54-5)42(44(53)55-6)41(31)38(47-36)22-37(28)46-33/h7-9,19-22,41-42,46,48-49H,1,10-18H2,2-6H3. The topological polar surface area (TPSA) is 186 Å². The molecule has 0 aromatic carbocycles. The van der Waals surface area contributed by atoms with Crippen molar-refractivity contribution < 1.29 is 48.3 Å². The minimum absolute atomic E-state index is 0.0795. The molecule has 1 aromatic rings. The van der Waals surface area contributed by atoms with E-state index in [1.165, 1.54) is 14.2 Å². The molecule has 0 radical (unpaired) electrons. The van der Waals surface area contributed by atoms with Crippen LogP contribution in [0.4, 0.5) is 0 Å². The van der Waals surface area contributed by atoms with E-state index in [0.717, 1.165) is 55.8 Å². The van der Waals surface area contributed by atoms with Gasteiger partial charge in [-0.05, 0) is 109 Å². The van der Waals surface area contributed by atoms with Crippen LogP contribution in [0.5, 0.6) is 0 Å². The lowest BCUT2D eigenvalue weighted by Gasteiger charge is -2.27. The van der Waals surface area contributed by atoms with Crippen molar-refractivity contribution in [3.05, 3.63) is 109 Å². The second-order valence-corrected chi connectivity index (χ2v) is 14.1. The molecule has 8 bridgehead atoms. The Morgan fingerprint density at radius 3 is 2.12 bits per heavy atom. The second kappa shape index (κ2) is 17.5. The lowest BCUT2D eigenvalue weighted by Crippen LogP contribution is -2.33. The number of aliphatic hydroxyl groups is 2. The highest BCUT2D eigenvalue weighted by Crippen LogP contribution is 2.47. The number of hydrogen-bond donors (Lipinski definition) is 3. The molecule has 0 fully saturated rings. The van der Waals surface area contributed by atoms with Gasteiger partial charge in [-0.2, -0.15) is 0 Å². The number of H-pyrrole nitrogens is 1. The molecule has 4 heterocycles. The number of aromatic nitrogens is 1. The molecular formula is C44H47N3O10. The van der Waals surface area contributed by atoms with Gasteiger partial charge >= 0.3 is 23.9 Å². The molecule has 3 N–H and O–H groups in total.